The lowest BCUT2D eigenvalue weighted by Crippen LogP contribution is -2.44. The predicted molar refractivity (Wildman–Crippen MR) is 84.2 cm³/mol. The van der Waals surface area contributed by atoms with Crippen LogP contribution in [0, 0.1) is 5.92 Å². The highest BCUT2D eigenvalue weighted by Gasteiger charge is 2.42. The van der Waals surface area contributed by atoms with Crippen molar-refractivity contribution >= 4 is 16.8 Å². The molecule has 0 radical (unpaired) electrons. The average Bonchev–Trinajstić information content (AvgIpc) is 2.97. The Balaban J connectivity index is 1.80. The number of aromatic amines is 1. The molecule has 1 aliphatic rings. The number of nitrogens with zero attached hydrogens (tertiary/aromatic N) is 1. The zero-order valence-electron chi connectivity index (χ0n) is 13.3. The number of rotatable bonds is 3. The van der Waals surface area contributed by atoms with Crippen LogP contribution in [0.1, 0.15) is 30.3 Å². The molecule has 1 saturated heterocycles. The number of aromatic nitrogens is 1. The molecule has 2 aromatic rings. The van der Waals surface area contributed by atoms with E-state index in [2.05, 4.69) is 4.98 Å². The van der Waals surface area contributed by atoms with Gasteiger partial charge in [0.1, 0.15) is 11.4 Å². The van der Waals surface area contributed by atoms with E-state index in [9.17, 15) is 18.0 Å². The van der Waals surface area contributed by atoms with E-state index in [0.717, 1.165) is 10.9 Å². The number of halogens is 3. The molecule has 1 amide bonds. The van der Waals surface area contributed by atoms with Crippen LogP contribution in [0.2, 0.25) is 0 Å². The molecule has 0 spiro atoms. The van der Waals surface area contributed by atoms with Gasteiger partial charge in [-0.1, -0.05) is 0 Å². The van der Waals surface area contributed by atoms with Gasteiger partial charge in [0, 0.05) is 30.1 Å². The topological polar surface area (TPSA) is 45.3 Å². The molecule has 4 nitrogen and oxygen atoms in total. The number of benzene rings is 1. The summed E-state index contributed by atoms with van der Waals surface area (Å²) < 4.78 is 44.1. The molecular weight excluding hydrogens is 321 g/mol. The van der Waals surface area contributed by atoms with Crippen molar-refractivity contribution in [3.63, 3.8) is 0 Å². The van der Waals surface area contributed by atoms with Crippen LogP contribution in [0.4, 0.5) is 13.2 Å². The number of likely N-dealkylation sites (tertiary alicyclic amines) is 1. The first-order chi connectivity index (χ1) is 11.4. The van der Waals surface area contributed by atoms with Crippen molar-refractivity contribution in [2.45, 2.75) is 25.9 Å². The summed E-state index contributed by atoms with van der Waals surface area (Å²) in [5, 5.41) is 0.825. The van der Waals surface area contributed by atoms with Gasteiger partial charge in [-0.2, -0.15) is 13.2 Å². The summed E-state index contributed by atoms with van der Waals surface area (Å²) >= 11 is 0. The fraction of sp³-hybridized carbons (Fsp3) is 0.471. The van der Waals surface area contributed by atoms with Gasteiger partial charge in [0.15, 0.2) is 0 Å². The third-order valence-corrected chi connectivity index (χ3v) is 4.31. The van der Waals surface area contributed by atoms with E-state index >= 15 is 0 Å². The molecule has 1 fully saturated rings. The van der Waals surface area contributed by atoms with Crippen LogP contribution in [-0.4, -0.2) is 41.7 Å². The minimum Gasteiger partial charge on any atom is -0.494 e. The monoisotopic (exact) mass is 340 g/mol. The van der Waals surface area contributed by atoms with Crippen molar-refractivity contribution in [3.8, 4) is 5.75 Å². The molecule has 0 bridgehead atoms. The van der Waals surface area contributed by atoms with Crippen LogP contribution in [0.15, 0.2) is 24.3 Å². The zero-order chi connectivity index (χ0) is 17.3. The molecule has 130 valence electrons. The van der Waals surface area contributed by atoms with Gasteiger partial charge in [-0.25, -0.2) is 0 Å². The Bertz CT molecular complexity index is 739. The number of carbonyl (C=O) groups is 1. The van der Waals surface area contributed by atoms with Crippen molar-refractivity contribution in [2.75, 3.05) is 19.7 Å². The maximum atomic E-state index is 12.9. The summed E-state index contributed by atoms with van der Waals surface area (Å²) in [5.41, 5.74) is 1.04. The lowest BCUT2D eigenvalue weighted by molar-refractivity contribution is -0.184. The Kier molecular flexibility index (Phi) is 4.43. The van der Waals surface area contributed by atoms with E-state index in [1.165, 1.54) is 4.90 Å². The van der Waals surface area contributed by atoms with E-state index in [-0.39, 0.29) is 13.0 Å². The maximum absolute atomic E-state index is 12.9. The van der Waals surface area contributed by atoms with Crippen LogP contribution in [0.3, 0.4) is 0 Å². The largest absolute Gasteiger partial charge is 0.494 e. The Hall–Kier alpha value is -2.18. The van der Waals surface area contributed by atoms with E-state index < -0.39 is 18.0 Å². The number of amides is 1. The molecular formula is C17H19F3N2O2. The second-order valence-corrected chi connectivity index (χ2v) is 6.00. The minimum atomic E-state index is -4.26. The fourth-order valence-corrected chi connectivity index (χ4v) is 3.08. The average molecular weight is 340 g/mol. The molecule has 1 atom stereocenters. The van der Waals surface area contributed by atoms with Gasteiger partial charge in [-0.3, -0.25) is 4.79 Å². The SMILES string of the molecule is CCOc1ccc2cc(C(=O)N3CCC[C@H](C(F)(F)F)C3)[nH]c2c1. The number of carbonyl (C=O) groups excluding carboxylic acids is 1. The first kappa shape index (κ1) is 16.7. The Morgan fingerprint density at radius 1 is 1.38 bits per heavy atom. The Labute approximate surface area is 137 Å². The fourth-order valence-electron chi connectivity index (χ4n) is 3.08. The minimum absolute atomic E-state index is 0.0810. The maximum Gasteiger partial charge on any atom is 0.393 e. The van der Waals surface area contributed by atoms with Crippen LogP contribution in [0.5, 0.6) is 5.75 Å². The Morgan fingerprint density at radius 2 is 2.17 bits per heavy atom. The van der Waals surface area contributed by atoms with Crippen molar-refractivity contribution in [1.29, 1.82) is 0 Å². The van der Waals surface area contributed by atoms with E-state index in [0.29, 0.717) is 31.0 Å². The lowest BCUT2D eigenvalue weighted by atomic mass is 9.97. The predicted octanol–water partition coefficient (Wildman–Crippen LogP) is 3.98. The van der Waals surface area contributed by atoms with Gasteiger partial charge < -0.3 is 14.6 Å². The van der Waals surface area contributed by atoms with Crippen LogP contribution < -0.4 is 4.74 Å². The van der Waals surface area contributed by atoms with Crippen molar-refractivity contribution in [2.24, 2.45) is 5.92 Å². The second-order valence-electron chi connectivity index (χ2n) is 6.00. The third-order valence-electron chi connectivity index (χ3n) is 4.31. The highest BCUT2D eigenvalue weighted by atomic mass is 19.4. The van der Waals surface area contributed by atoms with Crippen LogP contribution in [-0.2, 0) is 0 Å². The smallest absolute Gasteiger partial charge is 0.393 e. The normalized spacial score (nSPS) is 18.8. The van der Waals surface area contributed by atoms with Gasteiger partial charge in [-0.15, -0.1) is 0 Å². The summed E-state index contributed by atoms with van der Waals surface area (Å²) in [6.45, 7) is 2.48. The first-order valence-corrected chi connectivity index (χ1v) is 8.00. The first-order valence-electron chi connectivity index (χ1n) is 8.00. The molecule has 7 heteroatoms. The molecule has 1 N–H and O–H groups in total. The lowest BCUT2D eigenvalue weighted by Gasteiger charge is -2.33. The number of hydrogen-bond acceptors (Lipinski definition) is 2. The third kappa shape index (κ3) is 3.34. The summed E-state index contributed by atoms with van der Waals surface area (Å²) in [7, 11) is 0. The van der Waals surface area contributed by atoms with Crippen molar-refractivity contribution in [1.82, 2.24) is 9.88 Å². The molecule has 0 aliphatic carbocycles. The molecule has 0 saturated carbocycles. The number of ether oxygens (including phenoxy) is 1. The quantitative estimate of drug-likeness (QED) is 0.918. The number of nitrogens with one attached hydrogen (secondary N) is 1. The van der Waals surface area contributed by atoms with Crippen molar-refractivity contribution in [3.05, 3.63) is 30.0 Å². The summed E-state index contributed by atoms with van der Waals surface area (Å²) in [4.78, 5) is 16.8. The molecule has 0 unspecified atom stereocenters. The highest BCUT2D eigenvalue weighted by Crippen LogP contribution is 2.33. The Morgan fingerprint density at radius 3 is 2.88 bits per heavy atom. The zero-order valence-corrected chi connectivity index (χ0v) is 13.3. The van der Waals surface area contributed by atoms with E-state index in [1.807, 2.05) is 13.0 Å². The van der Waals surface area contributed by atoms with Crippen molar-refractivity contribution < 1.29 is 22.7 Å². The number of H-pyrrole nitrogens is 1. The molecule has 3 rings (SSSR count). The van der Waals surface area contributed by atoms with E-state index in [1.54, 1.807) is 18.2 Å². The molecule has 1 aromatic heterocycles. The number of fused-ring (bicyclic) bond motifs is 1. The second kappa shape index (κ2) is 6.37. The molecule has 1 aliphatic heterocycles. The molecule has 24 heavy (non-hydrogen) atoms. The highest BCUT2D eigenvalue weighted by molar-refractivity contribution is 5.98. The number of alkyl halides is 3. The number of hydrogen-bond donors (Lipinski definition) is 1. The summed E-state index contributed by atoms with van der Waals surface area (Å²) in [6.07, 6.45) is -3.81. The van der Waals surface area contributed by atoms with E-state index in [4.69, 9.17) is 4.74 Å². The summed E-state index contributed by atoms with van der Waals surface area (Å²) in [5.74, 6) is -1.15. The van der Waals surface area contributed by atoms with Crippen LogP contribution in [0.25, 0.3) is 10.9 Å². The molecule has 2 heterocycles. The van der Waals surface area contributed by atoms with Crippen LogP contribution >= 0.6 is 0 Å². The van der Waals surface area contributed by atoms with Gasteiger partial charge >= 0.3 is 6.18 Å². The van der Waals surface area contributed by atoms with Gasteiger partial charge in [0.2, 0.25) is 0 Å². The summed E-state index contributed by atoms with van der Waals surface area (Å²) in [6, 6.07) is 7.08. The van der Waals surface area contributed by atoms with Gasteiger partial charge in [0.25, 0.3) is 5.91 Å². The standard InChI is InChI=1S/C17H19F3N2O2/c1-2-24-13-6-5-11-8-15(21-14(11)9-13)16(23)22-7-3-4-12(10-22)17(18,19)20/h5-6,8-9,12,21H,2-4,7,10H2,1H3/t12-/m0/s1. The molecule has 1 aromatic carbocycles. The van der Waals surface area contributed by atoms with Gasteiger partial charge in [0.05, 0.1) is 12.5 Å². The number of piperidine rings is 1. The van der Waals surface area contributed by atoms with Gasteiger partial charge in [-0.05, 0) is 38.0 Å².